The van der Waals surface area contributed by atoms with Crippen LogP contribution in [-0.4, -0.2) is 35.4 Å². The molecular formula is C17H20N2O4S. The minimum atomic E-state index is -0.670. The minimum absolute atomic E-state index is 0.0990. The third-order valence-electron chi connectivity index (χ3n) is 4.20. The highest BCUT2D eigenvalue weighted by Gasteiger charge is 2.29. The van der Waals surface area contributed by atoms with Crippen molar-refractivity contribution in [2.75, 3.05) is 19.8 Å². The summed E-state index contributed by atoms with van der Waals surface area (Å²) in [7, 11) is 0. The molecule has 6 nitrogen and oxygen atoms in total. The molecule has 1 fully saturated rings. The first kappa shape index (κ1) is 17.0. The fraction of sp³-hybridized carbons (Fsp3) is 0.412. The molecule has 2 aromatic rings. The molecule has 1 saturated heterocycles. The molecule has 1 aromatic heterocycles. The van der Waals surface area contributed by atoms with Gasteiger partial charge in [0.1, 0.15) is 0 Å². The maximum Gasteiger partial charge on any atom is 0.269 e. The molecule has 1 aliphatic heterocycles. The Morgan fingerprint density at radius 2 is 1.92 bits per heavy atom. The molecule has 0 aliphatic carbocycles. The second-order valence-electron chi connectivity index (χ2n) is 6.01. The van der Waals surface area contributed by atoms with Gasteiger partial charge in [0.15, 0.2) is 0 Å². The average molecular weight is 348 g/mol. The van der Waals surface area contributed by atoms with Crippen molar-refractivity contribution in [2.45, 2.75) is 25.0 Å². The summed E-state index contributed by atoms with van der Waals surface area (Å²) in [5, 5.41) is 24.4. The van der Waals surface area contributed by atoms with Crippen LogP contribution in [-0.2, 0) is 11.3 Å². The van der Waals surface area contributed by atoms with Gasteiger partial charge in [-0.25, -0.2) is 0 Å². The molecule has 24 heavy (non-hydrogen) atoms. The van der Waals surface area contributed by atoms with Gasteiger partial charge in [0, 0.05) is 61.0 Å². The summed E-state index contributed by atoms with van der Waals surface area (Å²) >= 11 is 1.65. The Bertz CT molecular complexity index is 693. The van der Waals surface area contributed by atoms with Gasteiger partial charge in [0.25, 0.3) is 5.69 Å². The first-order valence-electron chi connectivity index (χ1n) is 7.90. The number of nitrogens with one attached hydrogen (secondary N) is 1. The predicted octanol–water partition coefficient (Wildman–Crippen LogP) is 2.95. The number of nitro groups is 1. The largest absolute Gasteiger partial charge is 0.388 e. The highest BCUT2D eigenvalue weighted by Crippen LogP contribution is 2.29. The maximum absolute atomic E-state index is 10.7. The van der Waals surface area contributed by atoms with Crippen LogP contribution in [0, 0.1) is 10.1 Å². The number of nitrogens with zero attached hydrogens (tertiary/aromatic N) is 1. The van der Waals surface area contributed by atoms with Crippen molar-refractivity contribution in [2.24, 2.45) is 0 Å². The van der Waals surface area contributed by atoms with Gasteiger partial charge in [-0.15, -0.1) is 11.3 Å². The van der Waals surface area contributed by atoms with Gasteiger partial charge in [0.2, 0.25) is 0 Å². The van der Waals surface area contributed by atoms with Crippen LogP contribution in [0.4, 0.5) is 5.69 Å². The Morgan fingerprint density at radius 3 is 2.58 bits per heavy atom. The fourth-order valence-electron chi connectivity index (χ4n) is 2.72. The number of hydrogen-bond acceptors (Lipinski definition) is 6. The second-order valence-corrected chi connectivity index (χ2v) is 7.18. The first-order chi connectivity index (χ1) is 11.6. The summed E-state index contributed by atoms with van der Waals surface area (Å²) in [6.45, 7) is 2.48. The predicted molar refractivity (Wildman–Crippen MR) is 93.1 cm³/mol. The van der Waals surface area contributed by atoms with E-state index in [2.05, 4.69) is 5.32 Å². The van der Waals surface area contributed by atoms with E-state index < -0.39 is 10.5 Å². The number of thiophene rings is 1. The van der Waals surface area contributed by atoms with Crippen LogP contribution in [0.1, 0.15) is 17.7 Å². The van der Waals surface area contributed by atoms with Crippen LogP contribution in [0.25, 0.3) is 10.4 Å². The molecule has 3 rings (SSSR count). The molecule has 0 atom stereocenters. The summed E-state index contributed by atoms with van der Waals surface area (Å²) in [4.78, 5) is 12.5. The zero-order chi connectivity index (χ0) is 17.0. The Hall–Kier alpha value is -1.80. The molecule has 0 spiro atoms. The van der Waals surface area contributed by atoms with Gasteiger partial charge in [-0.3, -0.25) is 10.1 Å². The Labute approximate surface area is 144 Å². The zero-order valence-electron chi connectivity index (χ0n) is 13.2. The summed E-state index contributed by atoms with van der Waals surface area (Å²) in [6.07, 6.45) is 1.33. The number of benzene rings is 1. The average Bonchev–Trinajstić information content (AvgIpc) is 3.04. The molecule has 1 aliphatic rings. The summed E-state index contributed by atoms with van der Waals surface area (Å²) < 4.78 is 5.28. The standard InChI is InChI=1S/C17H20N2O4S/c20-17(7-9-23-10-8-17)12-18-11-15-5-6-16(24-15)13-1-3-14(4-2-13)19(21)22/h1-6,18,20H,7-12H2. The lowest BCUT2D eigenvalue weighted by Crippen LogP contribution is -2.44. The van der Waals surface area contributed by atoms with E-state index in [0.29, 0.717) is 39.1 Å². The summed E-state index contributed by atoms with van der Waals surface area (Å²) in [6, 6.07) is 10.6. The van der Waals surface area contributed by atoms with E-state index in [1.54, 1.807) is 23.5 Å². The van der Waals surface area contributed by atoms with Crippen molar-refractivity contribution < 1.29 is 14.8 Å². The van der Waals surface area contributed by atoms with E-state index in [1.807, 2.05) is 12.1 Å². The SMILES string of the molecule is O=[N+]([O-])c1ccc(-c2ccc(CNCC3(O)CCOCC3)s2)cc1. The molecule has 2 heterocycles. The molecule has 0 radical (unpaired) electrons. The van der Waals surface area contributed by atoms with Crippen molar-refractivity contribution in [1.82, 2.24) is 5.32 Å². The first-order valence-corrected chi connectivity index (χ1v) is 8.72. The van der Waals surface area contributed by atoms with Crippen LogP contribution in [0.3, 0.4) is 0 Å². The van der Waals surface area contributed by atoms with Crippen molar-refractivity contribution in [3.63, 3.8) is 0 Å². The number of aliphatic hydroxyl groups is 1. The van der Waals surface area contributed by atoms with Crippen LogP contribution in [0.15, 0.2) is 36.4 Å². The van der Waals surface area contributed by atoms with Crippen molar-refractivity contribution >= 4 is 17.0 Å². The normalized spacial score (nSPS) is 16.9. The third kappa shape index (κ3) is 4.18. The van der Waals surface area contributed by atoms with Crippen LogP contribution >= 0.6 is 11.3 Å². The number of non-ortho nitro benzene ring substituents is 1. The van der Waals surface area contributed by atoms with Crippen molar-refractivity contribution in [3.05, 3.63) is 51.4 Å². The Balaban J connectivity index is 1.56. The second kappa shape index (κ2) is 7.40. The highest BCUT2D eigenvalue weighted by atomic mass is 32.1. The smallest absolute Gasteiger partial charge is 0.269 e. The molecular weight excluding hydrogens is 328 g/mol. The van der Waals surface area contributed by atoms with E-state index in [9.17, 15) is 15.2 Å². The molecule has 0 unspecified atom stereocenters. The number of rotatable bonds is 6. The van der Waals surface area contributed by atoms with Gasteiger partial charge in [0.05, 0.1) is 10.5 Å². The van der Waals surface area contributed by atoms with Gasteiger partial charge in [-0.1, -0.05) is 0 Å². The third-order valence-corrected chi connectivity index (χ3v) is 5.34. The molecule has 7 heteroatoms. The molecule has 1 aromatic carbocycles. The molecule has 2 N–H and O–H groups in total. The molecule has 0 saturated carbocycles. The van der Waals surface area contributed by atoms with Crippen LogP contribution < -0.4 is 5.32 Å². The van der Waals surface area contributed by atoms with E-state index in [4.69, 9.17) is 4.74 Å². The Morgan fingerprint density at radius 1 is 1.21 bits per heavy atom. The van der Waals surface area contributed by atoms with E-state index >= 15 is 0 Å². The number of hydrogen-bond donors (Lipinski definition) is 2. The lowest BCUT2D eigenvalue weighted by atomic mass is 9.94. The monoisotopic (exact) mass is 348 g/mol. The van der Waals surface area contributed by atoms with Gasteiger partial charge in [-0.2, -0.15) is 0 Å². The topological polar surface area (TPSA) is 84.6 Å². The zero-order valence-corrected chi connectivity index (χ0v) is 14.1. The number of ether oxygens (including phenoxy) is 1. The quantitative estimate of drug-likeness (QED) is 0.619. The van der Waals surface area contributed by atoms with Gasteiger partial charge >= 0.3 is 0 Å². The fourth-order valence-corrected chi connectivity index (χ4v) is 3.70. The van der Waals surface area contributed by atoms with Crippen molar-refractivity contribution in [3.8, 4) is 10.4 Å². The maximum atomic E-state index is 10.7. The van der Waals surface area contributed by atoms with Gasteiger partial charge in [-0.05, 0) is 29.8 Å². The lowest BCUT2D eigenvalue weighted by Gasteiger charge is -2.32. The van der Waals surface area contributed by atoms with E-state index in [-0.39, 0.29) is 5.69 Å². The summed E-state index contributed by atoms with van der Waals surface area (Å²) in [5.41, 5.74) is 0.401. The van der Waals surface area contributed by atoms with E-state index in [0.717, 1.165) is 10.4 Å². The minimum Gasteiger partial charge on any atom is -0.388 e. The number of nitro benzene ring substituents is 1. The molecule has 0 bridgehead atoms. The van der Waals surface area contributed by atoms with Crippen LogP contribution in [0.5, 0.6) is 0 Å². The van der Waals surface area contributed by atoms with Crippen LogP contribution in [0.2, 0.25) is 0 Å². The molecule has 0 amide bonds. The van der Waals surface area contributed by atoms with Crippen molar-refractivity contribution in [1.29, 1.82) is 0 Å². The molecule has 128 valence electrons. The summed E-state index contributed by atoms with van der Waals surface area (Å²) in [5.74, 6) is 0. The van der Waals surface area contributed by atoms with E-state index in [1.165, 1.54) is 17.0 Å². The highest BCUT2D eigenvalue weighted by molar-refractivity contribution is 7.15. The van der Waals surface area contributed by atoms with Gasteiger partial charge < -0.3 is 15.2 Å². The lowest BCUT2D eigenvalue weighted by molar-refractivity contribution is -0.384. The Kier molecular flexibility index (Phi) is 5.25.